The van der Waals surface area contributed by atoms with Crippen LogP contribution in [0.4, 0.5) is 0 Å². The van der Waals surface area contributed by atoms with Crippen molar-refractivity contribution in [3.05, 3.63) is 11.9 Å². The van der Waals surface area contributed by atoms with Crippen LogP contribution in [0.15, 0.2) is 6.20 Å². The van der Waals surface area contributed by atoms with Gasteiger partial charge in [0.2, 0.25) is 0 Å². The topological polar surface area (TPSA) is 64.1 Å². The summed E-state index contributed by atoms with van der Waals surface area (Å²) in [6, 6.07) is 0. The maximum absolute atomic E-state index is 11.6. The number of aromatic nitrogens is 2. The van der Waals surface area contributed by atoms with Crippen LogP contribution in [0.3, 0.4) is 0 Å². The molecular weight excluding hydrogens is 202 g/mol. The van der Waals surface area contributed by atoms with E-state index in [-0.39, 0.29) is 11.9 Å². The van der Waals surface area contributed by atoms with Crippen LogP contribution in [-0.4, -0.2) is 40.3 Å². The fraction of sp³-hybridized carbons (Fsp3) is 0.625. The number of rotatable bonds is 3. The van der Waals surface area contributed by atoms with Gasteiger partial charge in [-0.1, -0.05) is 0 Å². The molecule has 1 aromatic heterocycles. The Balaban J connectivity index is 1.88. The van der Waals surface area contributed by atoms with E-state index in [0.717, 1.165) is 24.0 Å². The molecule has 1 atom stereocenters. The highest BCUT2D eigenvalue weighted by Crippen LogP contribution is 2.04. The quantitative estimate of drug-likeness (QED) is 0.742. The minimum atomic E-state index is -0.314. The van der Waals surface area contributed by atoms with E-state index in [1.54, 1.807) is 6.20 Å². The number of hydrogen-bond donors (Lipinski definition) is 1. The SMILES string of the molecule is O=C(Cc1cnsn1)C1CNCCO1. The van der Waals surface area contributed by atoms with Gasteiger partial charge in [0.05, 0.1) is 36.6 Å². The predicted octanol–water partition coefficient (Wildman–Crippen LogP) is -0.362. The molecule has 0 spiro atoms. The van der Waals surface area contributed by atoms with Gasteiger partial charge in [-0.15, -0.1) is 0 Å². The van der Waals surface area contributed by atoms with Crippen molar-refractivity contribution >= 4 is 17.5 Å². The minimum absolute atomic E-state index is 0.0740. The largest absolute Gasteiger partial charge is 0.368 e. The first kappa shape index (κ1) is 9.70. The highest BCUT2D eigenvalue weighted by Gasteiger charge is 2.22. The van der Waals surface area contributed by atoms with Crippen LogP contribution in [0, 0.1) is 0 Å². The van der Waals surface area contributed by atoms with E-state index in [4.69, 9.17) is 4.74 Å². The zero-order chi connectivity index (χ0) is 9.80. The molecular formula is C8H11N3O2S. The Kier molecular flexibility index (Phi) is 3.18. The smallest absolute Gasteiger partial charge is 0.168 e. The fourth-order valence-corrected chi connectivity index (χ4v) is 1.76. The molecule has 1 aromatic rings. The number of morpholine rings is 1. The summed E-state index contributed by atoms with van der Waals surface area (Å²) in [5.41, 5.74) is 0.731. The second-order valence-corrected chi connectivity index (χ2v) is 3.66. The highest BCUT2D eigenvalue weighted by atomic mass is 32.1. The maximum atomic E-state index is 11.6. The molecule has 0 aromatic carbocycles. The van der Waals surface area contributed by atoms with Crippen molar-refractivity contribution < 1.29 is 9.53 Å². The van der Waals surface area contributed by atoms with Crippen LogP contribution in [0.5, 0.6) is 0 Å². The van der Waals surface area contributed by atoms with E-state index < -0.39 is 0 Å². The van der Waals surface area contributed by atoms with Crippen LogP contribution in [0.25, 0.3) is 0 Å². The standard InChI is InChI=1S/C8H11N3O2S/c12-7(3-6-4-10-14-11-6)8-5-9-1-2-13-8/h4,8-9H,1-3,5H2. The summed E-state index contributed by atoms with van der Waals surface area (Å²) in [5.74, 6) is 0.0740. The van der Waals surface area contributed by atoms with E-state index >= 15 is 0 Å². The number of nitrogens with one attached hydrogen (secondary N) is 1. The summed E-state index contributed by atoms with van der Waals surface area (Å²) in [4.78, 5) is 11.6. The van der Waals surface area contributed by atoms with Gasteiger partial charge in [-0.2, -0.15) is 8.75 Å². The number of ether oxygens (including phenoxy) is 1. The van der Waals surface area contributed by atoms with Crippen LogP contribution in [0.2, 0.25) is 0 Å². The summed E-state index contributed by atoms with van der Waals surface area (Å²) in [6.07, 6.45) is 1.63. The number of carbonyl (C=O) groups is 1. The molecule has 2 heterocycles. The molecule has 1 aliphatic rings. The van der Waals surface area contributed by atoms with Crippen molar-refractivity contribution in [1.29, 1.82) is 0 Å². The zero-order valence-corrected chi connectivity index (χ0v) is 8.42. The van der Waals surface area contributed by atoms with E-state index in [0.29, 0.717) is 19.6 Å². The van der Waals surface area contributed by atoms with Crippen molar-refractivity contribution in [2.75, 3.05) is 19.7 Å². The third kappa shape index (κ3) is 2.34. The third-order valence-corrected chi connectivity index (χ3v) is 2.56. The molecule has 0 radical (unpaired) electrons. The monoisotopic (exact) mass is 213 g/mol. The maximum Gasteiger partial charge on any atom is 0.168 e. The molecule has 0 bridgehead atoms. The van der Waals surface area contributed by atoms with Crippen LogP contribution >= 0.6 is 11.7 Å². The lowest BCUT2D eigenvalue weighted by Crippen LogP contribution is -2.43. The summed E-state index contributed by atoms with van der Waals surface area (Å²) in [5, 5.41) is 3.12. The molecule has 14 heavy (non-hydrogen) atoms. The molecule has 0 amide bonds. The van der Waals surface area contributed by atoms with Gasteiger partial charge < -0.3 is 10.1 Å². The second-order valence-electron chi connectivity index (χ2n) is 3.11. The molecule has 1 fully saturated rings. The van der Waals surface area contributed by atoms with Gasteiger partial charge in [-0.05, 0) is 0 Å². The van der Waals surface area contributed by atoms with E-state index in [1.165, 1.54) is 0 Å². The molecule has 0 aliphatic carbocycles. The Bertz CT molecular complexity index is 296. The molecule has 1 N–H and O–H groups in total. The Labute approximate surface area is 85.8 Å². The number of carbonyl (C=O) groups excluding carboxylic acids is 1. The third-order valence-electron chi connectivity index (χ3n) is 2.05. The van der Waals surface area contributed by atoms with Gasteiger partial charge in [0.25, 0.3) is 0 Å². The van der Waals surface area contributed by atoms with Crippen molar-refractivity contribution in [2.24, 2.45) is 0 Å². The molecule has 76 valence electrons. The molecule has 1 aliphatic heterocycles. The van der Waals surface area contributed by atoms with Crippen LogP contribution < -0.4 is 5.32 Å². The lowest BCUT2D eigenvalue weighted by Gasteiger charge is -2.21. The molecule has 1 saturated heterocycles. The Morgan fingerprint density at radius 2 is 2.71 bits per heavy atom. The molecule has 6 heteroatoms. The van der Waals surface area contributed by atoms with Gasteiger partial charge >= 0.3 is 0 Å². The van der Waals surface area contributed by atoms with Gasteiger partial charge in [0, 0.05) is 13.1 Å². The van der Waals surface area contributed by atoms with Gasteiger partial charge in [0.15, 0.2) is 5.78 Å². The predicted molar refractivity (Wildman–Crippen MR) is 51.2 cm³/mol. The van der Waals surface area contributed by atoms with E-state index in [2.05, 4.69) is 14.1 Å². The average molecular weight is 213 g/mol. The zero-order valence-electron chi connectivity index (χ0n) is 7.60. The minimum Gasteiger partial charge on any atom is -0.368 e. The first-order chi connectivity index (χ1) is 6.86. The Hall–Kier alpha value is -0.850. The summed E-state index contributed by atoms with van der Waals surface area (Å²) in [6.45, 7) is 2.03. The van der Waals surface area contributed by atoms with Crippen molar-refractivity contribution in [3.63, 3.8) is 0 Å². The molecule has 1 unspecified atom stereocenters. The molecule has 0 saturated carbocycles. The van der Waals surface area contributed by atoms with Gasteiger partial charge in [-0.25, -0.2) is 0 Å². The Morgan fingerprint density at radius 3 is 3.36 bits per heavy atom. The number of hydrogen-bond acceptors (Lipinski definition) is 6. The van der Waals surface area contributed by atoms with Gasteiger partial charge in [-0.3, -0.25) is 4.79 Å². The number of nitrogens with zero attached hydrogens (tertiary/aromatic N) is 2. The summed E-state index contributed by atoms with van der Waals surface area (Å²) < 4.78 is 13.2. The first-order valence-corrected chi connectivity index (χ1v) is 5.21. The number of Topliss-reactive ketones (excluding diaryl/α,β-unsaturated/α-hetero) is 1. The van der Waals surface area contributed by atoms with Crippen LogP contribution in [0.1, 0.15) is 5.69 Å². The summed E-state index contributed by atoms with van der Waals surface area (Å²) in [7, 11) is 0. The number of ketones is 1. The molecule has 5 nitrogen and oxygen atoms in total. The normalized spacial score (nSPS) is 22.1. The van der Waals surface area contributed by atoms with Gasteiger partial charge in [0.1, 0.15) is 6.10 Å². The molecule has 2 rings (SSSR count). The summed E-state index contributed by atoms with van der Waals surface area (Å²) >= 11 is 1.12. The van der Waals surface area contributed by atoms with E-state index in [1.807, 2.05) is 0 Å². The second kappa shape index (κ2) is 4.59. The van der Waals surface area contributed by atoms with Crippen molar-refractivity contribution in [2.45, 2.75) is 12.5 Å². The van der Waals surface area contributed by atoms with Crippen molar-refractivity contribution in [1.82, 2.24) is 14.1 Å². The highest BCUT2D eigenvalue weighted by molar-refractivity contribution is 6.99. The average Bonchev–Trinajstić information content (AvgIpc) is 2.72. The lowest BCUT2D eigenvalue weighted by atomic mass is 10.1. The van der Waals surface area contributed by atoms with Crippen molar-refractivity contribution in [3.8, 4) is 0 Å². The Morgan fingerprint density at radius 1 is 1.79 bits per heavy atom. The fourth-order valence-electron chi connectivity index (χ4n) is 1.33. The van der Waals surface area contributed by atoms with Crippen LogP contribution in [-0.2, 0) is 16.0 Å². The first-order valence-electron chi connectivity index (χ1n) is 4.48. The van der Waals surface area contributed by atoms with E-state index in [9.17, 15) is 4.79 Å². The lowest BCUT2D eigenvalue weighted by molar-refractivity contribution is -0.131.